The lowest BCUT2D eigenvalue weighted by Crippen LogP contribution is -1.91. The first kappa shape index (κ1) is 18.2. The van der Waals surface area contributed by atoms with Crippen LogP contribution in [0, 0.1) is 0 Å². The van der Waals surface area contributed by atoms with Crippen molar-refractivity contribution in [3.05, 3.63) is 102 Å². The van der Waals surface area contributed by atoms with E-state index in [1.54, 1.807) is 0 Å². The SMILES string of the molecule is Brc1cc(Nc2ccc(-c3cc4ccccc4cn3)cc2)c2oc3ccccc3c2c1. The summed E-state index contributed by atoms with van der Waals surface area (Å²) >= 11 is 3.64. The Kier molecular flexibility index (Phi) is 4.25. The first-order chi connectivity index (χ1) is 15.2. The number of nitrogens with one attached hydrogen (secondary N) is 1. The summed E-state index contributed by atoms with van der Waals surface area (Å²) in [7, 11) is 0. The second kappa shape index (κ2) is 7.25. The fourth-order valence-corrected chi connectivity index (χ4v) is 4.46. The van der Waals surface area contributed by atoms with Crippen LogP contribution in [0.3, 0.4) is 0 Å². The summed E-state index contributed by atoms with van der Waals surface area (Å²) in [6.45, 7) is 0. The van der Waals surface area contributed by atoms with Crippen LogP contribution >= 0.6 is 15.9 Å². The number of halogens is 1. The van der Waals surface area contributed by atoms with Crippen molar-refractivity contribution < 1.29 is 4.42 Å². The van der Waals surface area contributed by atoms with Crippen LogP contribution in [0.1, 0.15) is 0 Å². The fourth-order valence-electron chi connectivity index (χ4n) is 4.01. The molecule has 0 aliphatic heterocycles. The Bertz CT molecular complexity index is 1570. The fraction of sp³-hybridized carbons (Fsp3) is 0. The summed E-state index contributed by atoms with van der Waals surface area (Å²) in [5.41, 5.74) is 5.70. The minimum absolute atomic E-state index is 0.852. The molecule has 0 bridgehead atoms. The Labute approximate surface area is 187 Å². The van der Waals surface area contributed by atoms with Crippen LogP contribution in [-0.4, -0.2) is 4.98 Å². The molecular weight excluding hydrogens is 448 g/mol. The van der Waals surface area contributed by atoms with Gasteiger partial charge < -0.3 is 9.73 Å². The molecule has 6 rings (SSSR count). The van der Waals surface area contributed by atoms with Gasteiger partial charge in [0.1, 0.15) is 5.58 Å². The number of anilines is 2. The molecule has 0 fully saturated rings. The number of nitrogens with zero attached hydrogens (tertiary/aromatic N) is 1. The number of para-hydroxylation sites is 1. The minimum atomic E-state index is 0.852. The summed E-state index contributed by atoms with van der Waals surface area (Å²) in [4.78, 5) is 4.63. The molecule has 2 heterocycles. The topological polar surface area (TPSA) is 38.1 Å². The van der Waals surface area contributed by atoms with Crippen LogP contribution < -0.4 is 5.32 Å². The van der Waals surface area contributed by atoms with E-state index in [0.717, 1.165) is 54.4 Å². The molecule has 148 valence electrons. The zero-order chi connectivity index (χ0) is 20.8. The van der Waals surface area contributed by atoms with Gasteiger partial charge in [-0.1, -0.05) is 70.5 Å². The number of pyridine rings is 1. The molecule has 1 N–H and O–H groups in total. The molecule has 0 atom stereocenters. The van der Waals surface area contributed by atoms with Crippen LogP contribution in [0.25, 0.3) is 44.0 Å². The summed E-state index contributed by atoms with van der Waals surface area (Å²) in [5, 5.41) is 8.05. The molecule has 31 heavy (non-hydrogen) atoms. The average Bonchev–Trinajstić information content (AvgIpc) is 3.18. The van der Waals surface area contributed by atoms with Gasteiger partial charge >= 0.3 is 0 Å². The molecule has 0 amide bonds. The summed E-state index contributed by atoms with van der Waals surface area (Å²) in [6.07, 6.45) is 1.93. The number of fused-ring (bicyclic) bond motifs is 4. The van der Waals surface area contributed by atoms with Gasteiger partial charge in [-0.05, 0) is 41.8 Å². The summed E-state index contributed by atoms with van der Waals surface area (Å²) < 4.78 is 7.16. The van der Waals surface area contributed by atoms with Gasteiger partial charge in [0.05, 0.1) is 11.4 Å². The maximum absolute atomic E-state index is 6.15. The predicted molar refractivity (Wildman–Crippen MR) is 132 cm³/mol. The van der Waals surface area contributed by atoms with E-state index in [1.807, 2.05) is 36.5 Å². The number of rotatable bonds is 3. The first-order valence-electron chi connectivity index (χ1n) is 10.1. The number of hydrogen-bond donors (Lipinski definition) is 1. The van der Waals surface area contributed by atoms with Gasteiger partial charge in [0.2, 0.25) is 0 Å². The normalized spacial score (nSPS) is 11.4. The van der Waals surface area contributed by atoms with Gasteiger partial charge in [-0.3, -0.25) is 4.98 Å². The van der Waals surface area contributed by atoms with Gasteiger partial charge in [0, 0.05) is 38.1 Å². The second-order valence-corrected chi connectivity index (χ2v) is 8.46. The molecule has 6 aromatic rings. The van der Waals surface area contributed by atoms with Crippen molar-refractivity contribution in [3.8, 4) is 11.3 Å². The van der Waals surface area contributed by atoms with Crippen molar-refractivity contribution in [1.82, 2.24) is 4.98 Å². The number of furan rings is 1. The van der Waals surface area contributed by atoms with Crippen molar-refractivity contribution in [2.75, 3.05) is 5.32 Å². The summed E-state index contributed by atoms with van der Waals surface area (Å²) in [5.74, 6) is 0. The first-order valence-corrected chi connectivity index (χ1v) is 10.9. The predicted octanol–water partition coefficient (Wildman–Crippen LogP) is 8.31. The quantitative estimate of drug-likeness (QED) is 0.286. The molecule has 0 radical (unpaired) electrons. The Morgan fingerprint density at radius 2 is 1.52 bits per heavy atom. The van der Waals surface area contributed by atoms with Gasteiger partial charge in [0.15, 0.2) is 5.58 Å². The van der Waals surface area contributed by atoms with Crippen LogP contribution in [0.15, 0.2) is 106 Å². The molecule has 0 unspecified atom stereocenters. The van der Waals surface area contributed by atoms with E-state index in [0.29, 0.717) is 0 Å². The molecule has 4 heteroatoms. The van der Waals surface area contributed by atoms with Crippen molar-refractivity contribution in [1.29, 1.82) is 0 Å². The average molecular weight is 465 g/mol. The van der Waals surface area contributed by atoms with E-state index in [-0.39, 0.29) is 0 Å². The lowest BCUT2D eigenvalue weighted by Gasteiger charge is -2.09. The minimum Gasteiger partial charge on any atom is -0.454 e. The lowest BCUT2D eigenvalue weighted by molar-refractivity contribution is 0.670. The van der Waals surface area contributed by atoms with Gasteiger partial charge in [-0.2, -0.15) is 0 Å². The monoisotopic (exact) mass is 464 g/mol. The Morgan fingerprint density at radius 3 is 2.39 bits per heavy atom. The maximum atomic E-state index is 6.15. The highest BCUT2D eigenvalue weighted by molar-refractivity contribution is 9.10. The van der Waals surface area contributed by atoms with E-state index in [2.05, 4.69) is 86.9 Å². The van der Waals surface area contributed by atoms with Gasteiger partial charge in [-0.25, -0.2) is 0 Å². The molecule has 0 spiro atoms. The second-order valence-electron chi connectivity index (χ2n) is 7.55. The van der Waals surface area contributed by atoms with Crippen LogP contribution in [-0.2, 0) is 0 Å². The van der Waals surface area contributed by atoms with Crippen LogP contribution in [0.4, 0.5) is 11.4 Å². The van der Waals surface area contributed by atoms with Crippen molar-refractivity contribution in [2.24, 2.45) is 0 Å². The van der Waals surface area contributed by atoms with Crippen molar-refractivity contribution in [2.45, 2.75) is 0 Å². The molecule has 0 aliphatic rings. The maximum Gasteiger partial charge on any atom is 0.158 e. The highest BCUT2D eigenvalue weighted by Gasteiger charge is 2.12. The van der Waals surface area contributed by atoms with Crippen molar-refractivity contribution >= 4 is 60.0 Å². The third kappa shape index (κ3) is 3.25. The number of aromatic nitrogens is 1. The third-order valence-corrected chi connectivity index (χ3v) is 5.99. The highest BCUT2D eigenvalue weighted by Crippen LogP contribution is 2.37. The third-order valence-electron chi connectivity index (χ3n) is 5.53. The molecular formula is C27H17BrN2O. The molecule has 0 aliphatic carbocycles. The molecule has 4 aromatic carbocycles. The Hall–Kier alpha value is -3.63. The van der Waals surface area contributed by atoms with E-state index in [4.69, 9.17) is 4.42 Å². The largest absolute Gasteiger partial charge is 0.454 e. The standard InChI is InChI=1S/C27H17BrN2O/c28-20-14-23-22-7-3-4-8-26(22)31-27(23)25(15-20)30-21-11-9-17(10-12-21)24-13-18-5-1-2-6-19(18)16-29-24/h1-16,30H. The Balaban J connectivity index is 1.36. The van der Waals surface area contributed by atoms with Gasteiger partial charge in [-0.15, -0.1) is 0 Å². The van der Waals surface area contributed by atoms with Crippen molar-refractivity contribution in [3.63, 3.8) is 0 Å². The highest BCUT2D eigenvalue weighted by atomic mass is 79.9. The zero-order valence-corrected chi connectivity index (χ0v) is 18.1. The van der Waals surface area contributed by atoms with Gasteiger partial charge in [0.25, 0.3) is 0 Å². The summed E-state index contributed by atoms with van der Waals surface area (Å²) in [6, 6.07) is 31.0. The van der Waals surface area contributed by atoms with Crippen LogP contribution in [0.5, 0.6) is 0 Å². The lowest BCUT2D eigenvalue weighted by atomic mass is 10.1. The zero-order valence-electron chi connectivity index (χ0n) is 16.5. The molecule has 3 nitrogen and oxygen atoms in total. The molecule has 0 saturated carbocycles. The molecule has 0 saturated heterocycles. The Morgan fingerprint density at radius 1 is 0.742 bits per heavy atom. The van der Waals surface area contributed by atoms with E-state index in [9.17, 15) is 0 Å². The van der Waals surface area contributed by atoms with Crippen LogP contribution in [0.2, 0.25) is 0 Å². The van der Waals surface area contributed by atoms with E-state index >= 15 is 0 Å². The number of benzene rings is 4. The van der Waals surface area contributed by atoms with E-state index in [1.165, 1.54) is 5.39 Å². The number of hydrogen-bond acceptors (Lipinski definition) is 3. The smallest absolute Gasteiger partial charge is 0.158 e. The van der Waals surface area contributed by atoms with E-state index < -0.39 is 0 Å². The molecule has 2 aromatic heterocycles.